The first-order chi connectivity index (χ1) is 16.5. The van der Waals surface area contributed by atoms with E-state index in [0.717, 1.165) is 48.1 Å². The topological polar surface area (TPSA) is 78.1 Å². The van der Waals surface area contributed by atoms with E-state index < -0.39 is 6.04 Å². The molecule has 1 atom stereocenters. The second kappa shape index (κ2) is 9.31. The highest BCUT2D eigenvalue weighted by atomic mass is 35.5. The third kappa shape index (κ3) is 4.41. The predicted molar refractivity (Wildman–Crippen MR) is 133 cm³/mol. The molecule has 34 heavy (non-hydrogen) atoms. The number of fused-ring (bicyclic) bond motifs is 1. The molecule has 2 heterocycles. The summed E-state index contributed by atoms with van der Waals surface area (Å²) in [4.78, 5) is 36.0. The Morgan fingerprint density at radius 2 is 1.79 bits per heavy atom. The molecule has 1 unspecified atom stereocenters. The lowest BCUT2D eigenvalue weighted by molar-refractivity contribution is 0.0791. The number of aromatic nitrogens is 2. The van der Waals surface area contributed by atoms with Crippen LogP contribution in [-0.2, 0) is 0 Å². The number of aromatic amines is 1. The zero-order valence-corrected chi connectivity index (χ0v) is 19.6. The van der Waals surface area contributed by atoms with E-state index in [-0.39, 0.29) is 11.8 Å². The number of hydrogen-bond donors (Lipinski definition) is 2. The van der Waals surface area contributed by atoms with E-state index in [9.17, 15) is 9.59 Å². The normalized spacial score (nSPS) is 14.4. The van der Waals surface area contributed by atoms with Gasteiger partial charge >= 0.3 is 0 Å². The molecule has 2 amide bonds. The fourth-order valence-corrected chi connectivity index (χ4v) is 4.62. The van der Waals surface area contributed by atoms with Gasteiger partial charge in [-0.15, -0.1) is 0 Å². The summed E-state index contributed by atoms with van der Waals surface area (Å²) in [6.45, 7) is 3.46. The summed E-state index contributed by atoms with van der Waals surface area (Å²) in [5.41, 5.74) is 4.41. The number of nitrogens with zero attached hydrogens (tertiary/aromatic N) is 2. The van der Waals surface area contributed by atoms with E-state index in [4.69, 9.17) is 16.6 Å². The van der Waals surface area contributed by atoms with Gasteiger partial charge in [-0.2, -0.15) is 0 Å². The number of amides is 2. The molecular weight excluding hydrogens is 448 g/mol. The molecule has 4 aromatic rings. The smallest absolute Gasteiger partial charge is 0.254 e. The van der Waals surface area contributed by atoms with E-state index in [1.807, 2.05) is 54.3 Å². The van der Waals surface area contributed by atoms with E-state index in [0.29, 0.717) is 22.0 Å². The first-order valence-corrected chi connectivity index (χ1v) is 11.8. The number of halogens is 1. The van der Waals surface area contributed by atoms with Crippen molar-refractivity contribution in [3.05, 3.63) is 99.8 Å². The van der Waals surface area contributed by atoms with Crippen LogP contribution in [0.4, 0.5) is 0 Å². The first kappa shape index (κ1) is 22.2. The number of rotatable bonds is 5. The fraction of sp³-hybridized carbons (Fsp3) is 0.222. The average molecular weight is 473 g/mol. The van der Waals surface area contributed by atoms with Crippen LogP contribution in [0.25, 0.3) is 11.0 Å². The van der Waals surface area contributed by atoms with Crippen molar-refractivity contribution in [2.75, 3.05) is 13.1 Å². The molecule has 0 saturated carbocycles. The largest absolute Gasteiger partial charge is 0.340 e. The second-order valence-corrected chi connectivity index (χ2v) is 9.07. The third-order valence-electron chi connectivity index (χ3n) is 6.26. The summed E-state index contributed by atoms with van der Waals surface area (Å²) in [5.74, 6) is 0.412. The molecular formula is C27H25ClN4O2. The van der Waals surface area contributed by atoms with Crippen molar-refractivity contribution >= 4 is 34.4 Å². The molecule has 3 aromatic carbocycles. The number of aryl methyl sites for hydroxylation is 1. The van der Waals surface area contributed by atoms with Crippen molar-refractivity contribution in [3.8, 4) is 0 Å². The maximum atomic E-state index is 13.3. The fourth-order valence-electron chi connectivity index (χ4n) is 4.44. The highest BCUT2D eigenvalue weighted by Gasteiger charge is 2.24. The van der Waals surface area contributed by atoms with Gasteiger partial charge in [-0.3, -0.25) is 9.59 Å². The number of hydrogen-bond acceptors (Lipinski definition) is 3. The zero-order valence-electron chi connectivity index (χ0n) is 18.8. The standard InChI is InChI=1S/C27H25ClN4O2/c1-17-15-19(9-11-21(17)27(34)32-13-5-6-14-32)26(33)31-24(18-7-3-2-4-8-18)25-29-22-12-10-20(28)16-23(22)30-25/h2-4,7-12,15-16,24H,5-6,13-14H2,1H3,(H,29,30)(H,31,33). The van der Waals surface area contributed by atoms with Gasteiger partial charge in [0.25, 0.3) is 11.8 Å². The maximum absolute atomic E-state index is 13.3. The Morgan fingerprint density at radius 3 is 2.53 bits per heavy atom. The number of likely N-dealkylation sites (tertiary alicyclic amines) is 1. The van der Waals surface area contributed by atoms with Crippen LogP contribution in [0.1, 0.15) is 56.6 Å². The molecule has 0 aliphatic carbocycles. The van der Waals surface area contributed by atoms with Crippen molar-refractivity contribution < 1.29 is 9.59 Å². The van der Waals surface area contributed by atoms with Gasteiger partial charge in [-0.05, 0) is 67.3 Å². The molecule has 6 nitrogen and oxygen atoms in total. The van der Waals surface area contributed by atoms with Crippen LogP contribution in [0.15, 0.2) is 66.7 Å². The van der Waals surface area contributed by atoms with E-state index in [1.165, 1.54) is 0 Å². The molecule has 172 valence electrons. The number of imidazole rings is 1. The summed E-state index contributed by atoms with van der Waals surface area (Å²) in [5, 5.41) is 3.72. The lowest BCUT2D eigenvalue weighted by atomic mass is 10.0. The van der Waals surface area contributed by atoms with Gasteiger partial charge < -0.3 is 15.2 Å². The first-order valence-electron chi connectivity index (χ1n) is 11.4. The Morgan fingerprint density at radius 1 is 1.03 bits per heavy atom. The summed E-state index contributed by atoms with van der Waals surface area (Å²) in [6, 6.07) is 19.9. The van der Waals surface area contributed by atoms with Crippen LogP contribution < -0.4 is 5.32 Å². The zero-order chi connectivity index (χ0) is 23.7. The molecule has 5 rings (SSSR count). The summed E-state index contributed by atoms with van der Waals surface area (Å²) in [6.07, 6.45) is 2.08. The van der Waals surface area contributed by atoms with Crippen molar-refractivity contribution in [1.82, 2.24) is 20.2 Å². The molecule has 1 aliphatic heterocycles. The molecule has 0 spiro atoms. The Balaban J connectivity index is 1.43. The number of benzene rings is 3. The molecule has 7 heteroatoms. The van der Waals surface area contributed by atoms with Crippen LogP contribution in [0.2, 0.25) is 5.02 Å². The average Bonchev–Trinajstić information content (AvgIpc) is 3.52. The minimum atomic E-state index is -0.480. The van der Waals surface area contributed by atoms with Gasteiger partial charge in [0, 0.05) is 29.2 Å². The third-order valence-corrected chi connectivity index (χ3v) is 6.49. The predicted octanol–water partition coefficient (Wildman–Crippen LogP) is 5.28. The van der Waals surface area contributed by atoms with E-state index in [1.54, 1.807) is 24.3 Å². The van der Waals surface area contributed by atoms with Gasteiger partial charge in [0.2, 0.25) is 0 Å². The maximum Gasteiger partial charge on any atom is 0.254 e. The molecule has 1 fully saturated rings. The Hall–Kier alpha value is -3.64. The molecule has 1 aromatic heterocycles. The van der Waals surface area contributed by atoms with Gasteiger partial charge in [0.05, 0.1) is 11.0 Å². The van der Waals surface area contributed by atoms with Gasteiger partial charge in [-0.1, -0.05) is 41.9 Å². The lowest BCUT2D eigenvalue weighted by Gasteiger charge is -2.19. The van der Waals surface area contributed by atoms with Gasteiger partial charge in [-0.25, -0.2) is 4.98 Å². The number of carbonyl (C=O) groups is 2. The van der Waals surface area contributed by atoms with Gasteiger partial charge in [0.15, 0.2) is 0 Å². The Kier molecular flexibility index (Phi) is 6.07. The number of carbonyl (C=O) groups excluding carboxylic acids is 2. The summed E-state index contributed by atoms with van der Waals surface area (Å²) in [7, 11) is 0. The molecule has 1 saturated heterocycles. The van der Waals surface area contributed by atoms with E-state index in [2.05, 4.69) is 10.3 Å². The SMILES string of the molecule is Cc1cc(C(=O)NC(c2ccccc2)c2nc3ccc(Cl)cc3[nH]2)ccc1C(=O)N1CCCC1. The lowest BCUT2D eigenvalue weighted by Crippen LogP contribution is -2.31. The van der Waals surface area contributed by atoms with Crippen LogP contribution >= 0.6 is 11.6 Å². The van der Waals surface area contributed by atoms with Crippen molar-refractivity contribution in [2.45, 2.75) is 25.8 Å². The minimum absolute atomic E-state index is 0.0325. The highest BCUT2D eigenvalue weighted by molar-refractivity contribution is 6.31. The summed E-state index contributed by atoms with van der Waals surface area (Å²) >= 11 is 6.14. The van der Waals surface area contributed by atoms with Crippen molar-refractivity contribution in [2.24, 2.45) is 0 Å². The van der Waals surface area contributed by atoms with Crippen LogP contribution in [-0.4, -0.2) is 39.8 Å². The highest BCUT2D eigenvalue weighted by Crippen LogP contribution is 2.25. The van der Waals surface area contributed by atoms with Crippen molar-refractivity contribution in [3.63, 3.8) is 0 Å². The van der Waals surface area contributed by atoms with Crippen LogP contribution in [0.3, 0.4) is 0 Å². The summed E-state index contributed by atoms with van der Waals surface area (Å²) < 4.78 is 0. The monoisotopic (exact) mass is 472 g/mol. The Labute approximate surface area is 203 Å². The van der Waals surface area contributed by atoms with Crippen LogP contribution in [0.5, 0.6) is 0 Å². The molecule has 1 aliphatic rings. The second-order valence-electron chi connectivity index (χ2n) is 8.63. The number of nitrogens with one attached hydrogen (secondary N) is 2. The van der Waals surface area contributed by atoms with Gasteiger partial charge in [0.1, 0.15) is 11.9 Å². The number of H-pyrrole nitrogens is 1. The Bertz CT molecular complexity index is 1360. The quantitative estimate of drug-likeness (QED) is 0.414. The van der Waals surface area contributed by atoms with E-state index >= 15 is 0 Å². The molecule has 0 bridgehead atoms. The van der Waals surface area contributed by atoms with Crippen LogP contribution in [0, 0.1) is 6.92 Å². The molecule has 0 radical (unpaired) electrons. The van der Waals surface area contributed by atoms with Crippen molar-refractivity contribution in [1.29, 1.82) is 0 Å². The minimum Gasteiger partial charge on any atom is -0.340 e. The molecule has 2 N–H and O–H groups in total.